The van der Waals surface area contributed by atoms with Gasteiger partial charge in [-0.2, -0.15) is 0 Å². The first-order valence-corrected chi connectivity index (χ1v) is 11.5. The van der Waals surface area contributed by atoms with Crippen LogP contribution < -0.4 is 19.8 Å². The molecule has 0 aliphatic heterocycles. The first-order valence-electron chi connectivity index (χ1n) is 11.5. The van der Waals surface area contributed by atoms with E-state index in [1.807, 2.05) is 39.8 Å². The van der Waals surface area contributed by atoms with Crippen LogP contribution >= 0.6 is 0 Å². The average Bonchev–Trinajstić information content (AvgIpc) is 2.68. The van der Waals surface area contributed by atoms with Crippen molar-refractivity contribution in [3.05, 3.63) is 28.6 Å². The maximum atomic E-state index is 12.6. The Balaban J connectivity index is 2.17. The minimum Gasteiger partial charge on any atom is -0.490 e. The van der Waals surface area contributed by atoms with Crippen molar-refractivity contribution in [1.82, 2.24) is 0 Å². The first-order chi connectivity index (χ1) is 14.4. The summed E-state index contributed by atoms with van der Waals surface area (Å²) in [7, 11) is 0. The summed E-state index contributed by atoms with van der Waals surface area (Å²) >= 11 is 0. The smallest absolute Gasteiger partial charge is 0.383 e. The van der Waals surface area contributed by atoms with Gasteiger partial charge in [0.2, 0.25) is 5.75 Å². The molecule has 0 unspecified atom stereocenters. The third kappa shape index (κ3) is 7.26. The Morgan fingerprint density at radius 2 is 1.47 bits per heavy atom. The van der Waals surface area contributed by atoms with Crippen molar-refractivity contribution in [1.29, 1.82) is 0 Å². The fourth-order valence-electron chi connectivity index (χ4n) is 3.41. The van der Waals surface area contributed by atoms with Crippen molar-refractivity contribution in [2.24, 2.45) is 0 Å². The summed E-state index contributed by atoms with van der Waals surface area (Å²) in [6, 6.07) is 5.44. The van der Waals surface area contributed by atoms with Crippen LogP contribution in [0.1, 0.15) is 86.0 Å². The Labute approximate surface area is 180 Å². The molecule has 0 atom stereocenters. The van der Waals surface area contributed by atoms with Crippen molar-refractivity contribution in [2.75, 3.05) is 6.61 Å². The Morgan fingerprint density at radius 1 is 0.833 bits per heavy atom. The number of hydrogen-bond donors (Lipinski definition) is 0. The van der Waals surface area contributed by atoms with Gasteiger partial charge in [0.25, 0.3) is 0 Å². The second kappa shape index (κ2) is 12.5. The van der Waals surface area contributed by atoms with Crippen molar-refractivity contribution >= 4 is 11.0 Å². The van der Waals surface area contributed by atoms with Gasteiger partial charge in [0.05, 0.1) is 18.8 Å². The minimum absolute atomic E-state index is 0.0162. The van der Waals surface area contributed by atoms with Crippen LogP contribution in [-0.2, 0) is 0 Å². The van der Waals surface area contributed by atoms with E-state index in [-0.39, 0.29) is 18.0 Å². The summed E-state index contributed by atoms with van der Waals surface area (Å²) in [6.45, 7) is 10.4. The maximum Gasteiger partial charge on any atom is 0.383 e. The highest BCUT2D eigenvalue weighted by atomic mass is 16.5. The molecule has 5 nitrogen and oxygen atoms in total. The van der Waals surface area contributed by atoms with Crippen LogP contribution in [0.25, 0.3) is 11.0 Å². The lowest BCUT2D eigenvalue weighted by Crippen LogP contribution is -2.16. The van der Waals surface area contributed by atoms with E-state index in [1.54, 1.807) is 6.07 Å². The van der Waals surface area contributed by atoms with Crippen LogP contribution in [0.4, 0.5) is 0 Å². The summed E-state index contributed by atoms with van der Waals surface area (Å²) in [5.41, 5.74) is -0.0796. The molecule has 0 saturated carbocycles. The summed E-state index contributed by atoms with van der Waals surface area (Å²) in [6.07, 6.45) is 9.57. The maximum absolute atomic E-state index is 12.6. The summed E-state index contributed by atoms with van der Waals surface area (Å²) < 4.78 is 23.4. The van der Waals surface area contributed by atoms with Crippen LogP contribution in [0.2, 0.25) is 0 Å². The Kier molecular flexibility index (Phi) is 10.0. The van der Waals surface area contributed by atoms with Gasteiger partial charge >= 0.3 is 5.63 Å². The van der Waals surface area contributed by atoms with E-state index in [9.17, 15) is 4.79 Å². The predicted molar refractivity (Wildman–Crippen MR) is 122 cm³/mol. The zero-order valence-corrected chi connectivity index (χ0v) is 19.3. The molecular weight excluding hydrogens is 380 g/mol. The molecule has 0 amide bonds. The molecule has 1 aromatic heterocycles. The van der Waals surface area contributed by atoms with Crippen LogP contribution in [0, 0.1) is 0 Å². The third-order valence-corrected chi connectivity index (χ3v) is 4.77. The van der Waals surface area contributed by atoms with Crippen LogP contribution in [0.15, 0.2) is 27.4 Å². The van der Waals surface area contributed by atoms with Crippen molar-refractivity contribution in [3.8, 4) is 17.2 Å². The molecule has 5 heteroatoms. The fraction of sp³-hybridized carbons (Fsp3) is 0.640. The first kappa shape index (κ1) is 24.1. The van der Waals surface area contributed by atoms with E-state index < -0.39 is 5.63 Å². The zero-order chi connectivity index (χ0) is 21.9. The predicted octanol–water partition coefficient (Wildman–Crippen LogP) is 6.89. The largest absolute Gasteiger partial charge is 0.490 e. The molecular formula is C25H38O5. The molecule has 0 radical (unpaired) electrons. The molecule has 1 aromatic carbocycles. The van der Waals surface area contributed by atoms with E-state index in [2.05, 4.69) is 6.92 Å². The minimum atomic E-state index is -0.524. The average molecular weight is 419 g/mol. The third-order valence-electron chi connectivity index (χ3n) is 4.77. The quantitative estimate of drug-likeness (QED) is 0.247. The highest BCUT2D eigenvalue weighted by Crippen LogP contribution is 2.39. The van der Waals surface area contributed by atoms with Crippen molar-refractivity contribution < 1.29 is 18.6 Å². The molecule has 1 heterocycles. The number of ether oxygens (including phenoxy) is 3. The zero-order valence-electron chi connectivity index (χ0n) is 19.3. The van der Waals surface area contributed by atoms with Gasteiger partial charge in [-0.05, 0) is 46.2 Å². The summed E-state index contributed by atoms with van der Waals surface area (Å²) in [4.78, 5) is 12.6. The van der Waals surface area contributed by atoms with Gasteiger partial charge in [-0.1, -0.05) is 57.9 Å². The number of unbranched alkanes of at least 4 members (excludes halogenated alkanes) is 7. The Morgan fingerprint density at radius 3 is 2.10 bits per heavy atom. The van der Waals surface area contributed by atoms with Crippen LogP contribution in [0.3, 0.4) is 0 Å². The van der Waals surface area contributed by atoms with Gasteiger partial charge in [0, 0.05) is 0 Å². The van der Waals surface area contributed by atoms with E-state index in [1.165, 1.54) is 38.5 Å². The van der Waals surface area contributed by atoms with E-state index in [0.717, 1.165) is 12.8 Å². The lowest BCUT2D eigenvalue weighted by molar-refractivity contribution is 0.209. The van der Waals surface area contributed by atoms with E-state index in [4.69, 9.17) is 18.6 Å². The van der Waals surface area contributed by atoms with E-state index >= 15 is 0 Å². The lowest BCUT2D eigenvalue weighted by atomic mass is 10.1. The van der Waals surface area contributed by atoms with Crippen LogP contribution in [-0.4, -0.2) is 18.8 Å². The van der Waals surface area contributed by atoms with Gasteiger partial charge in [-0.15, -0.1) is 0 Å². The molecule has 2 aromatic rings. The highest BCUT2D eigenvalue weighted by molar-refractivity contribution is 5.91. The van der Waals surface area contributed by atoms with Crippen LogP contribution in [0.5, 0.6) is 17.2 Å². The number of fused-ring (bicyclic) bond motifs is 1. The molecule has 0 aliphatic rings. The molecule has 0 N–H and O–H groups in total. The molecule has 168 valence electrons. The summed E-state index contributed by atoms with van der Waals surface area (Å²) in [5.74, 6) is 1.18. The fourth-order valence-corrected chi connectivity index (χ4v) is 3.41. The second-order valence-corrected chi connectivity index (χ2v) is 8.33. The lowest BCUT2D eigenvalue weighted by Gasteiger charge is -2.18. The Bertz CT molecular complexity index is 822. The van der Waals surface area contributed by atoms with Crippen molar-refractivity contribution in [2.45, 2.75) is 98.2 Å². The number of hydrogen-bond acceptors (Lipinski definition) is 5. The van der Waals surface area contributed by atoms with Crippen molar-refractivity contribution in [3.63, 3.8) is 0 Å². The molecule has 0 bridgehead atoms. The molecule has 0 saturated heterocycles. The van der Waals surface area contributed by atoms with Gasteiger partial charge in [0.15, 0.2) is 5.75 Å². The number of benzene rings is 1. The molecule has 2 rings (SSSR count). The highest BCUT2D eigenvalue weighted by Gasteiger charge is 2.22. The topological polar surface area (TPSA) is 57.9 Å². The van der Waals surface area contributed by atoms with E-state index in [0.29, 0.717) is 29.1 Å². The van der Waals surface area contributed by atoms with Gasteiger partial charge in [-0.3, -0.25) is 0 Å². The monoisotopic (exact) mass is 418 g/mol. The molecule has 30 heavy (non-hydrogen) atoms. The Hall–Kier alpha value is -2.17. The normalized spacial score (nSPS) is 11.4. The summed E-state index contributed by atoms with van der Waals surface area (Å²) in [5, 5.41) is 0.654. The van der Waals surface area contributed by atoms with Gasteiger partial charge in [0.1, 0.15) is 16.7 Å². The molecule has 0 fully saturated rings. The molecule has 0 aliphatic carbocycles. The molecule has 0 spiro atoms. The second-order valence-electron chi connectivity index (χ2n) is 8.33. The SMILES string of the molecule is CCCCCCCCCCOc1c(OC(C)C)c(=O)oc2cccc(OC(C)C)c12. The standard InChI is InChI=1S/C25H38O5/c1-6-7-8-9-10-11-12-13-17-27-23-22-20(28-18(2)3)15-14-16-21(22)30-25(26)24(23)29-19(4)5/h14-16,18-19H,6-13,17H2,1-5H3. The van der Waals surface area contributed by atoms with Gasteiger partial charge < -0.3 is 18.6 Å². The van der Waals surface area contributed by atoms with Gasteiger partial charge in [-0.25, -0.2) is 4.79 Å². The number of rotatable bonds is 14.